The number of ether oxygens (including phenoxy) is 2. The summed E-state index contributed by atoms with van der Waals surface area (Å²) in [4.78, 5) is 18.8. The molecule has 0 spiro atoms. The maximum absolute atomic E-state index is 12.4. The average molecular weight is 362 g/mol. The zero-order valence-corrected chi connectivity index (χ0v) is 16.0. The Labute approximate surface area is 152 Å². The molecule has 1 aliphatic rings. The molecule has 0 saturated carbocycles. The molecule has 1 aromatic carbocycles. The number of amides is 1. The highest BCUT2D eigenvalue weighted by Gasteiger charge is 2.30. The number of para-hydroxylation sites is 1. The molecule has 0 unspecified atom stereocenters. The van der Waals surface area contributed by atoms with Gasteiger partial charge in [0, 0.05) is 19.0 Å². The first-order valence-electron chi connectivity index (χ1n) is 8.90. The van der Waals surface area contributed by atoms with E-state index in [4.69, 9.17) is 9.47 Å². The van der Waals surface area contributed by atoms with E-state index in [1.165, 1.54) is 0 Å². The van der Waals surface area contributed by atoms with Crippen molar-refractivity contribution in [3.63, 3.8) is 0 Å². The van der Waals surface area contributed by atoms with Crippen molar-refractivity contribution in [1.29, 1.82) is 0 Å². The number of carbonyl (C=O) groups is 1. The summed E-state index contributed by atoms with van der Waals surface area (Å²) in [5.41, 5.74) is 0.506. The highest BCUT2D eigenvalue weighted by Crippen LogP contribution is 2.28. The molecule has 1 aliphatic heterocycles. The number of piperidine rings is 1. The van der Waals surface area contributed by atoms with E-state index in [1.54, 1.807) is 11.3 Å². The first-order valence-corrected chi connectivity index (χ1v) is 9.72. The van der Waals surface area contributed by atoms with Crippen LogP contribution < -0.4 is 4.74 Å². The standard InChI is InChI=1S/C19H26N2O3S/c1-19(2,3)24-18(22)21-12-7-6-8-14(21)11-13-23-17-20-15-9-4-5-10-16(15)25-17/h4-5,9-10,14H,6-8,11-13H2,1-3H3/t14-/m0/s1. The highest BCUT2D eigenvalue weighted by atomic mass is 32.1. The summed E-state index contributed by atoms with van der Waals surface area (Å²) in [6.45, 7) is 7.03. The van der Waals surface area contributed by atoms with Crippen LogP contribution in [0.5, 0.6) is 5.19 Å². The van der Waals surface area contributed by atoms with E-state index in [2.05, 4.69) is 4.98 Å². The molecule has 6 heteroatoms. The minimum absolute atomic E-state index is 0.179. The first kappa shape index (κ1) is 18.0. The molecule has 1 fully saturated rings. The van der Waals surface area contributed by atoms with Crippen LogP contribution >= 0.6 is 11.3 Å². The van der Waals surface area contributed by atoms with Crippen LogP contribution in [0.3, 0.4) is 0 Å². The lowest BCUT2D eigenvalue weighted by atomic mass is 10.0. The van der Waals surface area contributed by atoms with Gasteiger partial charge in [-0.25, -0.2) is 9.78 Å². The fraction of sp³-hybridized carbons (Fsp3) is 0.579. The van der Waals surface area contributed by atoms with Gasteiger partial charge in [0.1, 0.15) is 5.60 Å². The summed E-state index contributed by atoms with van der Waals surface area (Å²) < 4.78 is 12.5. The van der Waals surface area contributed by atoms with Gasteiger partial charge in [-0.3, -0.25) is 0 Å². The molecule has 0 bridgehead atoms. The maximum atomic E-state index is 12.4. The van der Waals surface area contributed by atoms with Crippen molar-refractivity contribution in [1.82, 2.24) is 9.88 Å². The second kappa shape index (κ2) is 7.60. The Bertz CT molecular complexity index is 690. The predicted octanol–water partition coefficient (Wildman–Crippen LogP) is 4.85. The van der Waals surface area contributed by atoms with Crippen molar-refractivity contribution in [2.24, 2.45) is 0 Å². The number of benzene rings is 1. The minimum atomic E-state index is -0.462. The number of aromatic nitrogens is 1. The van der Waals surface area contributed by atoms with Gasteiger partial charge in [0.05, 0.1) is 16.8 Å². The molecular weight excluding hydrogens is 336 g/mol. The SMILES string of the molecule is CC(C)(C)OC(=O)N1CCCC[C@H]1CCOc1nc2ccccc2s1. The van der Waals surface area contributed by atoms with Gasteiger partial charge in [0.2, 0.25) is 0 Å². The summed E-state index contributed by atoms with van der Waals surface area (Å²) in [7, 11) is 0. The smallest absolute Gasteiger partial charge is 0.410 e. The molecule has 1 saturated heterocycles. The number of hydrogen-bond acceptors (Lipinski definition) is 5. The van der Waals surface area contributed by atoms with E-state index in [0.29, 0.717) is 11.8 Å². The minimum Gasteiger partial charge on any atom is -0.470 e. The van der Waals surface area contributed by atoms with Crippen molar-refractivity contribution in [2.75, 3.05) is 13.2 Å². The van der Waals surface area contributed by atoms with Crippen molar-refractivity contribution in [3.05, 3.63) is 24.3 Å². The second-order valence-corrected chi connectivity index (χ2v) is 8.40. The fourth-order valence-corrected chi connectivity index (χ4v) is 3.90. The van der Waals surface area contributed by atoms with Crippen molar-refractivity contribution >= 4 is 27.6 Å². The van der Waals surface area contributed by atoms with E-state index >= 15 is 0 Å². The van der Waals surface area contributed by atoms with Crippen LogP contribution in [0.2, 0.25) is 0 Å². The Morgan fingerprint density at radius 2 is 2.12 bits per heavy atom. The summed E-state index contributed by atoms with van der Waals surface area (Å²) in [5.74, 6) is 0. The molecule has 3 rings (SSSR count). The fourth-order valence-electron chi connectivity index (χ4n) is 3.06. The number of thiazole rings is 1. The Morgan fingerprint density at radius 1 is 1.32 bits per heavy atom. The van der Waals surface area contributed by atoms with Crippen LogP contribution in [-0.2, 0) is 4.74 Å². The molecule has 2 heterocycles. The van der Waals surface area contributed by atoms with Crippen LogP contribution in [-0.4, -0.2) is 40.8 Å². The molecule has 5 nitrogen and oxygen atoms in total. The molecule has 1 aromatic heterocycles. The third-order valence-corrected chi connectivity index (χ3v) is 5.15. The van der Waals surface area contributed by atoms with E-state index in [-0.39, 0.29) is 12.1 Å². The van der Waals surface area contributed by atoms with Gasteiger partial charge < -0.3 is 14.4 Å². The largest absolute Gasteiger partial charge is 0.470 e. The van der Waals surface area contributed by atoms with E-state index in [0.717, 1.165) is 42.4 Å². The van der Waals surface area contributed by atoms with Crippen molar-refractivity contribution in [2.45, 2.75) is 58.1 Å². The normalized spacial score (nSPS) is 18.4. The van der Waals surface area contributed by atoms with Gasteiger partial charge in [-0.2, -0.15) is 0 Å². The van der Waals surface area contributed by atoms with Gasteiger partial charge in [-0.05, 0) is 52.2 Å². The molecule has 2 aromatic rings. The summed E-state index contributed by atoms with van der Waals surface area (Å²) in [6.07, 6.45) is 3.77. The Balaban J connectivity index is 1.55. The van der Waals surface area contributed by atoms with Gasteiger partial charge in [0.25, 0.3) is 5.19 Å². The van der Waals surface area contributed by atoms with Crippen molar-refractivity contribution < 1.29 is 14.3 Å². The number of hydrogen-bond donors (Lipinski definition) is 0. The molecular formula is C19H26N2O3S. The number of likely N-dealkylation sites (tertiary alicyclic amines) is 1. The third kappa shape index (κ3) is 4.84. The molecule has 136 valence electrons. The van der Waals surface area contributed by atoms with E-state index in [9.17, 15) is 4.79 Å². The Hall–Kier alpha value is -1.82. The molecule has 1 atom stereocenters. The molecule has 0 aliphatic carbocycles. The molecule has 25 heavy (non-hydrogen) atoms. The summed E-state index contributed by atoms with van der Waals surface area (Å²) in [6, 6.07) is 8.20. The lowest BCUT2D eigenvalue weighted by Crippen LogP contribution is -2.46. The molecule has 1 amide bonds. The number of fused-ring (bicyclic) bond motifs is 1. The van der Waals surface area contributed by atoms with E-state index in [1.807, 2.05) is 49.9 Å². The zero-order chi connectivity index (χ0) is 17.9. The zero-order valence-electron chi connectivity index (χ0n) is 15.2. The Kier molecular flexibility index (Phi) is 5.47. The monoisotopic (exact) mass is 362 g/mol. The van der Waals surface area contributed by atoms with Gasteiger partial charge in [-0.15, -0.1) is 0 Å². The van der Waals surface area contributed by atoms with Crippen molar-refractivity contribution in [3.8, 4) is 5.19 Å². The molecule has 0 radical (unpaired) electrons. The second-order valence-electron chi connectivity index (χ2n) is 7.41. The lowest BCUT2D eigenvalue weighted by Gasteiger charge is -2.36. The highest BCUT2D eigenvalue weighted by molar-refractivity contribution is 7.20. The van der Waals surface area contributed by atoms with Gasteiger partial charge in [-0.1, -0.05) is 23.5 Å². The van der Waals surface area contributed by atoms with Crippen LogP contribution in [0.4, 0.5) is 4.79 Å². The summed E-state index contributed by atoms with van der Waals surface area (Å²) in [5, 5.41) is 0.695. The number of nitrogens with zero attached hydrogens (tertiary/aromatic N) is 2. The third-order valence-electron chi connectivity index (χ3n) is 4.21. The van der Waals surface area contributed by atoms with Gasteiger partial charge >= 0.3 is 6.09 Å². The van der Waals surface area contributed by atoms with Crippen LogP contribution in [0.1, 0.15) is 46.5 Å². The predicted molar refractivity (Wildman–Crippen MR) is 100 cm³/mol. The average Bonchev–Trinajstić information content (AvgIpc) is 2.96. The Morgan fingerprint density at radius 3 is 2.88 bits per heavy atom. The van der Waals surface area contributed by atoms with Gasteiger partial charge in [0.15, 0.2) is 0 Å². The number of rotatable bonds is 4. The maximum Gasteiger partial charge on any atom is 0.410 e. The lowest BCUT2D eigenvalue weighted by molar-refractivity contribution is 0.00744. The first-order chi connectivity index (χ1) is 11.9. The van der Waals surface area contributed by atoms with Crippen LogP contribution in [0, 0.1) is 0 Å². The summed E-state index contributed by atoms with van der Waals surface area (Å²) >= 11 is 1.56. The van der Waals surface area contributed by atoms with E-state index < -0.39 is 5.60 Å². The van der Waals surface area contributed by atoms with Crippen LogP contribution in [0.15, 0.2) is 24.3 Å². The quantitative estimate of drug-likeness (QED) is 0.780. The van der Waals surface area contributed by atoms with Crippen LogP contribution in [0.25, 0.3) is 10.2 Å². The molecule has 0 N–H and O–H groups in total. The topological polar surface area (TPSA) is 51.7 Å². The number of carbonyl (C=O) groups excluding carboxylic acids is 1.